The number of nitrogens with one attached hydrogen (secondary N) is 1. The summed E-state index contributed by atoms with van der Waals surface area (Å²) in [5.41, 5.74) is 7.07. The third kappa shape index (κ3) is 4.24. The third-order valence-corrected chi connectivity index (χ3v) is 4.14. The van der Waals surface area contributed by atoms with Crippen LogP contribution in [-0.4, -0.2) is 37.7 Å². The maximum absolute atomic E-state index is 13.7. The van der Waals surface area contributed by atoms with E-state index in [0.29, 0.717) is 18.2 Å². The van der Waals surface area contributed by atoms with Gasteiger partial charge in [0.25, 0.3) is 0 Å². The van der Waals surface area contributed by atoms with E-state index < -0.39 is 5.82 Å². The van der Waals surface area contributed by atoms with Gasteiger partial charge in [-0.25, -0.2) is 4.39 Å². The molecule has 0 unspecified atom stereocenters. The number of rotatable bonds is 6. The maximum atomic E-state index is 13.7. The molecule has 0 aromatic heterocycles. The van der Waals surface area contributed by atoms with Crippen molar-refractivity contribution in [3.8, 4) is 5.75 Å². The summed E-state index contributed by atoms with van der Waals surface area (Å²) in [5.74, 6) is 0.499. The van der Waals surface area contributed by atoms with Crippen LogP contribution in [0.25, 0.3) is 0 Å². The molecule has 5 heteroatoms. The second-order valence-electron chi connectivity index (χ2n) is 5.56. The lowest BCUT2D eigenvalue weighted by atomic mass is 9.96. The molecule has 0 atom stereocenters. The van der Waals surface area contributed by atoms with E-state index in [4.69, 9.17) is 10.5 Å². The fourth-order valence-corrected chi connectivity index (χ4v) is 2.75. The van der Waals surface area contributed by atoms with E-state index >= 15 is 0 Å². The Balaban J connectivity index is 1.92. The van der Waals surface area contributed by atoms with Crippen molar-refractivity contribution in [1.82, 2.24) is 4.90 Å². The van der Waals surface area contributed by atoms with Crippen LogP contribution in [0.4, 0.5) is 15.8 Å². The molecule has 2 rings (SSSR count). The van der Waals surface area contributed by atoms with Crippen molar-refractivity contribution in [2.75, 3.05) is 43.8 Å². The van der Waals surface area contributed by atoms with E-state index in [0.717, 1.165) is 31.9 Å². The Morgan fingerprint density at radius 2 is 2.05 bits per heavy atom. The summed E-state index contributed by atoms with van der Waals surface area (Å²) < 4.78 is 18.9. The molecule has 0 aliphatic carbocycles. The Bertz CT molecular complexity index is 459. The number of hydrogen-bond acceptors (Lipinski definition) is 4. The first-order valence-electron chi connectivity index (χ1n) is 7.82. The van der Waals surface area contributed by atoms with Crippen molar-refractivity contribution in [1.29, 1.82) is 0 Å². The molecule has 21 heavy (non-hydrogen) atoms. The monoisotopic (exact) mass is 295 g/mol. The van der Waals surface area contributed by atoms with Gasteiger partial charge in [-0.05, 0) is 45.3 Å². The molecule has 1 aliphatic rings. The average molecular weight is 295 g/mol. The molecule has 4 nitrogen and oxygen atoms in total. The van der Waals surface area contributed by atoms with Gasteiger partial charge in [0.15, 0.2) is 11.6 Å². The first-order valence-corrected chi connectivity index (χ1v) is 7.82. The smallest absolute Gasteiger partial charge is 0.167 e. The Kier molecular flexibility index (Phi) is 5.67. The molecule has 0 amide bonds. The van der Waals surface area contributed by atoms with Crippen LogP contribution < -0.4 is 15.8 Å². The Labute approximate surface area is 126 Å². The zero-order valence-electron chi connectivity index (χ0n) is 13.0. The number of halogens is 1. The van der Waals surface area contributed by atoms with E-state index in [1.165, 1.54) is 18.9 Å². The fraction of sp³-hybridized carbons (Fsp3) is 0.625. The lowest BCUT2D eigenvalue weighted by Gasteiger charge is -2.31. The third-order valence-electron chi connectivity index (χ3n) is 4.14. The number of anilines is 2. The molecule has 0 spiro atoms. The zero-order chi connectivity index (χ0) is 15.2. The number of hydrogen-bond donors (Lipinski definition) is 2. The van der Waals surface area contributed by atoms with Crippen LogP contribution in [0.1, 0.15) is 26.7 Å². The van der Waals surface area contributed by atoms with Crippen LogP contribution in [0.3, 0.4) is 0 Å². The van der Waals surface area contributed by atoms with Crippen molar-refractivity contribution in [2.24, 2.45) is 5.92 Å². The quantitative estimate of drug-likeness (QED) is 0.792. The number of nitrogens with zero attached hydrogens (tertiary/aromatic N) is 1. The molecule has 1 fully saturated rings. The van der Waals surface area contributed by atoms with Gasteiger partial charge in [-0.15, -0.1) is 0 Å². The van der Waals surface area contributed by atoms with E-state index in [9.17, 15) is 4.39 Å². The second-order valence-corrected chi connectivity index (χ2v) is 5.56. The minimum absolute atomic E-state index is 0.259. The summed E-state index contributed by atoms with van der Waals surface area (Å²) in [4.78, 5) is 2.47. The number of nitrogen functional groups attached to an aromatic ring is 1. The highest BCUT2D eigenvalue weighted by Crippen LogP contribution is 2.29. The first kappa shape index (κ1) is 15.9. The standard InChI is InChI=1S/C16H26FN3O/c1-3-20-7-5-12(6-8-20)11-19-15-10-16(21-4-2)13(17)9-14(15)18/h9-10,12,19H,3-8,11,18H2,1-2H3. The van der Waals surface area contributed by atoms with E-state index in [2.05, 4.69) is 17.1 Å². The Morgan fingerprint density at radius 1 is 1.33 bits per heavy atom. The first-order chi connectivity index (χ1) is 10.1. The van der Waals surface area contributed by atoms with Gasteiger partial charge in [0.1, 0.15) is 0 Å². The number of likely N-dealkylation sites (tertiary alicyclic amines) is 1. The largest absolute Gasteiger partial charge is 0.491 e. The van der Waals surface area contributed by atoms with Gasteiger partial charge < -0.3 is 20.7 Å². The molecule has 3 N–H and O–H groups in total. The average Bonchev–Trinajstić information content (AvgIpc) is 2.49. The van der Waals surface area contributed by atoms with E-state index in [1.54, 1.807) is 6.07 Å². The van der Waals surface area contributed by atoms with Crippen molar-refractivity contribution >= 4 is 11.4 Å². The molecule has 1 aromatic carbocycles. The minimum Gasteiger partial charge on any atom is -0.491 e. The fourth-order valence-electron chi connectivity index (χ4n) is 2.75. The Morgan fingerprint density at radius 3 is 2.67 bits per heavy atom. The zero-order valence-corrected chi connectivity index (χ0v) is 13.0. The number of nitrogens with two attached hydrogens (primary N) is 1. The van der Waals surface area contributed by atoms with Crippen molar-refractivity contribution in [3.63, 3.8) is 0 Å². The van der Waals surface area contributed by atoms with Crippen LogP contribution in [-0.2, 0) is 0 Å². The predicted molar refractivity (Wildman–Crippen MR) is 85.3 cm³/mol. The highest BCUT2D eigenvalue weighted by Gasteiger charge is 2.18. The van der Waals surface area contributed by atoms with E-state index in [-0.39, 0.29) is 5.75 Å². The van der Waals surface area contributed by atoms with Gasteiger partial charge >= 0.3 is 0 Å². The van der Waals surface area contributed by atoms with Crippen LogP contribution >= 0.6 is 0 Å². The summed E-state index contributed by atoms with van der Waals surface area (Å²) in [6, 6.07) is 2.99. The molecular formula is C16H26FN3O. The number of benzene rings is 1. The number of ether oxygens (including phenoxy) is 1. The van der Waals surface area contributed by atoms with Gasteiger partial charge in [0.2, 0.25) is 0 Å². The maximum Gasteiger partial charge on any atom is 0.167 e. The van der Waals surface area contributed by atoms with Gasteiger partial charge in [-0.1, -0.05) is 6.92 Å². The Hall–Kier alpha value is -1.49. The van der Waals surface area contributed by atoms with Crippen molar-refractivity contribution in [2.45, 2.75) is 26.7 Å². The van der Waals surface area contributed by atoms with Gasteiger partial charge in [-0.2, -0.15) is 0 Å². The molecule has 0 bridgehead atoms. The van der Waals surface area contributed by atoms with Gasteiger partial charge in [0.05, 0.1) is 18.0 Å². The van der Waals surface area contributed by atoms with Crippen LogP contribution in [0.2, 0.25) is 0 Å². The predicted octanol–water partition coefficient (Wildman–Crippen LogP) is 2.95. The summed E-state index contributed by atoms with van der Waals surface area (Å²) in [5, 5.41) is 3.35. The topological polar surface area (TPSA) is 50.5 Å². The molecule has 1 heterocycles. The molecule has 0 radical (unpaired) electrons. The minimum atomic E-state index is -0.406. The second kappa shape index (κ2) is 7.50. The van der Waals surface area contributed by atoms with Crippen LogP contribution in [0.15, 0.2) is 12.1 Å². The summed E-state index contributed by atoms with van der Waals surface area (Å²) in [6.45, 7) is 8.80. The summed E-state index contributed by atoms with van der Waals surface area (Å²) >= 11 is 0. The molecular weight excluding hydrogens is 269 g/mol. The molecule has 118 valence electrons. The molecule has 1 aromatic rings. The number of piperidine rings is 1. The molecule has 0 saturated carbocycles. The lowest BCUT2D eigenvalue weighted by molar-refractivity contribution is 0.198. The SMILES string of the molecule is CCOc1cc(NCC2CCN(CC)CC2)c(N)cc1F. The molecule has 1 aliphatic heterocycles. The highest BCUT2D eigenvalue weighted by molar-refractivity contribution is 5.68. The van der Waals surface area contributed by atoms with Crippen LogP contribution in [0, 0.1) is 11.7 Å². The summed E-state index contributed by atoms with van der Waals surface area (Å²) in [6.07, 6.45) is 2.39. The normalized spacial score (nSPS) is 16.9. The van der Waals surface area contributed by atoms with Crippen LogP contribution in [0.5, 0.6) is 5.75 Å². The van der Waals surface area contributed by atoms with Crippen molar-refractivity contribution < 1.29 is 9.13 Å². The lowest BCUT2D eigenvalue weighted by Crippen LogP contribution is -2.35. The highest BCUT2D eigenvalue weighted by atomic mass is 19.1. The van der Waals surface area contributed by atoms with Gasteiger partial charge in [0, 0.05) is 18.7 Å². The summed E-state index contributed by atoms with van der Waals surface area (Å²) in [7, 11) is 0. The van der Waals surface area contributed by atoms with Gasteiger partial charge in [-0.3, -0.25) is 0 Å². The van der Waals surface area contributed by atoms with Crippen molar-refractivity contribution in [3.05, 3.63) is 17.9 Å². The molecule has 1 saturated heterocycles. The van der Waals surface area contributed by atoms with E-state index in [1.807, 2.05) is 6.92 Å².